The van der Waals surface area contributed by atoms with Crippen molar-refractivity contribution < 1.29 is 9.53 Å². The van der Waals surface area contributed by atoms with Gasteiger partial charge in [-0.3, -0.25) is 19.4 Å². The van der Waals surface area contributed by atoms with Gasteiger partial charge in [0.25, 0.3) is 11.5 Å². The fraction of sp³-hybridized carbons (Fsp3) is 0.588. The van der Waals surface area contributed by atoms with E-state index < -0.39 is 0 Å². The van der Waals surface area contributed by atoms with Gasteiger partial charge in [-0.05, 0) is 38.7 Å². The van der Waals surface area contributed by atoms with E-state index in [-0.39, 0.29) is 23.6 Å². The second-order valence-corrected chi connectivity index (χ2v) is 6.88. The van der Waals surface area contributed by atoms with Crippen molar-refractivity contribution in [1.82, 2.24) is 20.1 Å². The van der Waals surface area contributed by atoms with Gasteiger partial charge < -0.3 is 10.1 Å². The van der Waals surface area contributed by atoms with Crippen LogP contribution in [0.2, 0.25) is 0 Å². The summed E-state index contributed by atoms with van der Waals surface area (Å²) in [5.74, 6) is 0.172. The number of aromatic amines is 1. The van der Waals surface area contributed by atoms with Crippen LogP contribution in [-0.2, 0) is 11.8 Å². The maximum Gasteiger partial charge on any atom is 0.274 e. The van der Waals surface area contributed by atoms with Crippen LogP contribution in [0.25, 0.3) is 11.0 Å². The highest BCUT2D eigenvalue weighted by atomic mass is 16.5. The number of rotatable bonds is 4. The first-order valence-corrected chi connectivity index (χ1v) is 8.56. The van der Waals surface area contributed by atoms with Gasteiger partial charge in [-0.15, -0.1) is 0 Å². The van der Waals surface area contributed by atoms with Gasteiger partial charge in [-0.25, -0.2) is 4.98 Å². The highest BCUT2D eigenvalue weighted by Crippen LogP contribution is 2.39. The Morgan fingerprint density at radius 2 is 2.25 bits per heavy atom. The van der Waals surface area contributed by atoms with E-state index in [2.05, 4.69) is 15.4 Å². The predicted octanol–water partition coefficient (Wildman–Crippen LogP) is 1.44. The maximum atomic E-state index is 12.8. The Hall–Kier alpha value is -2.15. The summed E-state index contributed by atoms with van der Waals surface area (Å²) in [7, 11) is 1.74. The molecule has 1 aliphatic carbocycles. The van der Waals surface area contributed by atoms with E-state index in [4.69, 9.17) is 4.74 Å². The molecule has 7 nitrogen and oxygen atoms in total. The highest BCUT2D eigenvalue weighted by molar-refractivity contribution is 6.05. The second kappa shape index (κ2) is 5.73. The molecule has 2 atom stereocenters. The standard InChI is InChI=1S/C17H22N4O3/c1-9(13-4-3-7-24-13)18-16(22)11-8-12(10-5-6-10)19-15-14(11)17(23)20-21(15)2/h8-10,13H,3-7H2,1-2H3,(H,18,22)(H,20,23)/t9-,13+/m0/s1. The molecule has 0 radical (unpaired) electrons. The third-order valence-electron chi connectivity index (χ3n) is 4.96. The van der Waals surface area contributed by atoms with E-state index in [1.807, 2.05) is 6.92 Å². The number of carbonyl (C=O) groups is 1. The lowest BCUT2D eigenvalue weighted by atomic mass is 10.1. The van der Waals surface area contributed by atoms with E-state index in [1.165, 1.54) is 0 Å². The first-order chi connectivity index (χ1) is 11.5. The number of nitrogens with zero attached hydrogens (tertiary/aromatic N) is 2. The lowest BCUT2D eigenvalue weighted by Gasteiger charge is -2.20. The van der Waals surface area contributed by atoms with E-state index >= 15 is 0 Å². The summed E-state index contributed by atoms with van der Waals surface area (Å²) in [6.45, 7) is 2.69. The van der Waals surface area contributed by atoms with Gasteiger partial charge in [0, 0.05) is 25.3 Å². The molecule has 7 heteroatoms. The predicted molar refractivity (Wildman–Crippen MR) is 89.2 cm³/mol. The Kier molecular flexibility index (Phi) is 3.68. The zero-order valence-corrected chi connectivity index (χ0v) is 14.0. The number of carbonyl (C=O) groups excluding carboxylic acids is 1. The summed E-state index contributed by atoms with van der Waals surface area (Å²) >= 11 is 0. The van der Waals surface area contributed by atoms with Crippen molar-refractivity contribution in [2.45, 2.75) is 50.7 Å². The van der Waals surface area contributed by atoms with Crippen molar-refractivity contribution in [2.24, 2.45) is 7.05 Å². The second-order valence-electron chi connectivity index (χ2n) is 6.88. The van der Waals surface area contributed by atoms with Crippen LogP contribution in [0.4, 0.5) is 0 Å². The molecule has 2 fully saturated rings. The number of nitrogens with one attached hydrogen (secondary N) is 2. The molecule has 2 aromatic rings. The third kappa shape index (κ3) is 2.62. The molecular weight excluding hydrogens is 308 g/mol. The van der Waals surface area contributed by atoms with Gasteiger partial charge in [0.15, 0.2) is 5.65 Å². The third-order valence-corrected chi connectivity index (χ3v) is 4.96. The van der Waals surface area contributed by atoms with Crippen molar-refractivity contribution in [3.8, 4) is 0 Å². The molecule has 0 unspecified atom stereocenters. The number of hydrogen-bond donors (Lipinski definition) is 2. The molecule has 1 amide bonds. The molecule has 1 saturated heterocycles. The Morgan fingerprint density at radius 3 is 2.92 bits per heavy atom. The molecule has 3 heterocycles. The normalized spacial score (nSPS) is 22.0. The molecule has 0 spiro atoms. The number of hydrogen-bond acceptors (Lipinski definition) is 4. The van der Waals surface area contributed by atoms with Gasteiger partial charge in [0.05, 0.1) is 23.1 Å². The quantitative estimate of drug-likeness (QED) is 0.888. The average molecular weight is 330 g/mol. The molecular formula is C17H22N4O3. The number of aromatic nitrogens is 3. The molecule has 1 aliphatic heterocycles. The molecule has 0 aromatic carbocycles. The van der Waals surface area contributed by atoms with Gasteiger partial charge >= 0.3 is 0 Å². The summed E-state index contributed by atoms with van der Waals surface area (Å²) in [5.41, 5.74) is 1.57. The number of pyridine rings is 1. The van der Waals surface area contributed by atoms with E-state index in [9.17, 15) is 9.59 Å². The SMILES string of the molecule is C[C@H](NC(=O)c1cc(C2CC2)nc2c1c(=O)[nH]n2C)[C@H]1CCCO1. The minimum Gasteiger partial charge on any atom is -0.376 e. The minimum absolute atomic E-state index is 0.0447. The molecule has 2 aromatic heterocycles. The Balaban J connectivity index is 1.71. The molecule has 4 rings (SSSR count). The fourth-order valence-corrected chi connectivity index (χ4v) is 3.42. The van der Waals surface area contributed by atoms with Crippen LogP contribution in [0.3, 0.4) is 0 Å². The van der Waals surface area contributed by atoms with Crippen LogP contribution in [0.5, 0.6) is 0 Å². The van der Waals surface area contributed by atoms with Crippen LogP contribution in [0, 0.1) is 0 Å². The van der Waals surface area contributed by atoms with Gasteiger partial charge in [-0.2, -0.15) is 0 Å². The van der Waals surface area contributed by atoms with Crippen molar-refractivity contribution >= 4 is 16.9 Å². The first-order valence-electron chi connectivity index (χ1n) is 8.56. The lowest BCUT2D eigenvalue weighted by molar-refractivity contribution is 0.0713. The number of ether oxygens (including phenoxy) is 1. The minimum atomic E-state index is -0.280. The van der Waals surface area contributed by atoms with Crippen molar-refractivity contribution in [2.75, 3.05) is 6.61 Å². The highest BCUT2D eigenvalue weighted by Gasteiger charge is 2.30. The molecule has 1 saturated carbocycles. The average Bonchev–Trinajstić information content (AvgIpc) is 3.18. The lowest BCUT2D eigenvalue weighted by Crippen LogP contribution is -2.41. The Bertz CT molecular complexity index is 843. The number of amides is 1. The summed E-state index contributed by atoms with van der Waals surface area (Å²) in [6, 6.07) is 1.70. The molecule has 128 valence electrons. The van der Waals surface area contributed by atoms with E-state index in [0.29, 0.717) is 22.5 Å². The van der Waals surface area contributed by atoms with Gasteiger partial charge in [-0.1, -0.05) is 0 Å². The zero-order chi connectivity index (χ0) is 16.8. The summed E-state index contributed by atoms with van der Waals surface area (Å²) < 4.78 is 7.23. The van der Waals surface area contributed by atoms with Gasteiger partial charge in [0.1, 0.15) is 0 Å². The number of aryl methyl sites for hydroxylation is 1. The van der Waals surface area contributed by atoms with Crippen LogP contribution in [0.15, 0.2) is 10.9 Å². The summed E-state index contributed by atoms with van der Waals surface area (Å²) in [6.07, 6.45) is 4.19. The molecule has 2 N–H and O–H groups in total. The molecule has 24 heavy (non-hydrogen) atoms. The largest absolute Gasteiger partial charge is 0.376 e. The number of fused-ring (bicyclic) bond motifs is 1. The Labute approximate surface area is 139 Å². The van der Waals surface area contributed by atoms with E-state index in [1.54, 1.807) is 17.8 Å². The van der Waals surface area contributed by atoms with Crippen molar-refractivity contribution in [1.29, 1.82) is 0 Å². The molecule has 2 aliphatic rings. The fourth-order valence-electron chi connectivity index (χ4n) is 3.42. The van der Waals surface area contributed by atoms with Crippen LogP contribution >= 0.6 is 0 Å². The Morgan fingerprint density at radius 1 is 1.46 bits per heavy atom. The first kappa shape index (κ1) is 15.4. The summed E-state index contributed by atoms with van der Waals surface area (Å²) in [5, 5.41) is 6.06. The van der Waals surface area contributed by atoms with Crippen LogP contribution < -0.4 is 10.9 Å². The smallest absolute Gasteiger partial charge is 0.274 e. The van der Waals surface area contributed by atoms with Crippen LogP contribution in [0.1, 0.15) is 54.6 Å². The monoisotopic (exact) mass is 330 g/mol. The maximum absolute atomic E-state index is 12.8. The van der Waals surface area contributed by atoms with Crippen LogP contribution in [-0.4, -0.2) is 39.4 Å². The zero-order valence-electron chi connectivity index (χ0n) is 14.0. The van der Waals surface area contributed by atoms with Gasteiger partial charge in [0.2, 0.25) is 0 Å². The van der Waals surface area contributed by atoms with Crippen molar-refractivity contribution in [3.05, 3.63) is 27.7 Å². The molecule has 0 bridgehead atoms. The summed E-state index contributed by atoms with van der Waals surface area (Å²) in [4.78, 5) is 29.7. The van der Waals surface area contributed by atoms with Crippen molar-refractivity contribution in [3.63, 3.8) is 0 Å². The van der Waals surface area contributed by atoms with E-state index in [0.717, 1.165) is 38.0 Å². The topological polar surface area (TPSA) is 89.0 Å². The number of H-pyrrole nitrogens is 1.